The number of sulfonamides is 2. The van der Waals surface area contributed by atoms with E-state index in [2.05, 4.69) is 9.98 Å². The first-order valence-electron chi connectivity index (χ1n) is 11.0. The Morgan fingerprint density at radius 3 is 1.16 bits per heavy atom. The second-order valence-electron chi connectivity index (χ2n) is 7.96. The summed E-state index contributed by atoms with van der Waals surface area (Å²) in [5, 5.41) is 33.9. The normalized spacial score (nSPS) is 11.1. The van der Waals surface area contributed by atoms with Crippen LogP contribution in [0.1, 0.15) is 11.1 Å². The molecule has 0 saturated heterocycles. The summed E-state index contributed by atoms with van der Waals surface area (Å²) in [4.78, 5) is 8.17. The van der Waals surface area contributed by atoms with E-state index < -0.39 is 20.0 Å². The molecule has 43 heavy (non-hydrogen) atoms. The second kappa shape index (κ2) is 17.2. The predicted molar refractivity (Wildman–Crippen MR) is 159 cm³/mol. The summed E-state index contributed by atoms with van der Waals surface area (Å²) >= 11 is 11.6. The molecular formula is C26H24Cl2N4O8S2Zn. The number of hydrogen-bond donors (Lipinski definition) is 2. The van der Waals surface area contributed by atoms with Crippen molar-refractivity contribution in [1.82, 2.24) is 0 Å². The van der Waals surface area contributed by atoms with Gasteiger partial charge in [-0.1, -0.05) is 46.8 Å². The third-order valence-corrected chi connectivity index (χ3v) is 7.31. The summed E-state index contributed by atoms with van der Waals surface area (Å²) < 4.78 is 44.4. The number of halogens is 2. The molecule has 0 aromatic heterocycles. The summed E-state index contributed by atoms with van der Waals surface area (Å²) in [5.41, 5.74) is 1.70. The van der Waals surface area contributed by atoms with Crippen molar-refractivity contribution >= 4 is 67.1 Å². The van der Waals surface area contributed by atoms with Gasteiger partial charge in [0.2, 0.25) is 20.0 Å². The van der Waals surface area contributed by atoms with Crippen LogP contribution in [0.2, 0.25) is 10.0 Å². The van der Waals surface area contributed by atoms with Gasteiger partial charge >= 0.3 is 19.5 Å². The van der Waals surface area contributed by atoms with Crippen LogP contribution in [0.5, 0.6) is 11.5 Å². The van der Waals surface area contributed by atoms with Crippen molar-refractivity contribution in [2.75, 3.05) is 0 Å². The summed E-state index contributed by atoms with van der Waals surface area (Å²) in [6, 6.07) is 20.1. The van der Waals surface area contributed by atoms with Gasteiger partial charge in [0.1, 0.15) is 0 Å². The van der Waals surface area contributed by atoms with Crippen LogP contribution in [-0.2, 0) is 39.5 Å². The summed E-state index contributed by atoms with van der Waals surface area (Å²) in [6.45, 7) is 0. The third kappa shape index (κ3) is 12.5. The van der Waals surface area contributed by atoms with E-state index in [0.29, 0.717) is 32.5 Å². The quantitative estimate of drug-likeness (QED) is 0.222. The molecule has 0 spiro atoms. The maximum Gasteiger partial charge on any atom is 2.00 e. The van der Waals surface area contributed by atoms with Gasteiger partial charge in [0.15, 0.2) is 0 Å². The zero-order valence-corrected chi connectivity index (χ0v) is 28.1. The molecule has 0 fully saturated rings. The van der Waals surface area contributed by atoms with Crippen LogP contribution in [0.25, 0.3) is 0 Å². The van der Waals surface area contributed by atoms with Crippen molar-refractivity contribution in [2.45, 2.75) is 9.79 Å². The molecular weight excluding hydrogens is 697 g/mol. The molecule has 4 rings (SSSR count). The molecule has 0 radical (unpaired) electrons. The summed E-state index contributed by atoms with van der Waals surface area (Å²) in [6.07, 6.45) is 2.75. The van der Waals surface area contributed by atoms with E-state index in [1.807, 2.05) is 0 Å². The van der Waals surface area contributed by atoms with Crippen LogP contribution in [0.15, 0.2) is 105 Å². The Labute approximate surface area is 270 Å². The molecule has 0 aliphatic rings. The fourth-order valence-corrected chi connectivity index (χ4v) is 4.36. The zero-order valence-electron chi connectivity index (χ0n) is 22.0. The van der Waals surface area contributed by atoms with Crippen molar-refractivity contribution in [3.05, 3.63) is 106 Å². The molecule has 12 nitrogen and oxygen atoms in total. The van der Waals surface area contributed by atoms with Gasteiger partial charge in [-0.05, 0) is 83.9 Å². The average molecular weight is 721 g/mol. The van der Waals surface area contributed by atoms with Crippen LogP contribution in [0.4, 0.5) is 11.4 Å². The molecule has 0 amide bonds. The average Bonchev–Trinajstić information content (AvgIpc) is 2.89. The molecule has 0 aliphatic heterocycles. The van der Waals surface area contributed by atoms with Crippen LogP contribution in [0, 0.1) is 0 Å². The second-order valence-corrected chi connectivity index (χ2v) is 12.0. The van der Waals surface area contributed by atoms with Gasteiger partial charge in [0.05, 0.1) is 21.2 Å². The van der Waals surface area contributed by atoms with Gasteiger partial charge in [-0.25, -0.2) is 27.1 Å². The van der Waals surface area contributed by atoms with E-state index in [0.717, 1.165) is 0 Å². The van der Waals surface area contributed by atoms with Crippen molar-refractivity contribution in [3.63, 3.8) is 0 Å². The molecule has 224 valence electrons. The van der Waals surface area contributed by atoms with Gasteiger partial charge in [-0.3, -0.25) is 9.98 Å². The number of primary sulfonamides is 2. The Hall–Kier alpha value is -3.24. The summed E-state index contributed by atoms with van der Waals surface area (Å²) in [5.74, 6) is -0.390. The molecule has 0 unspecified atom stereocenters. The van der Waals surface area contributed by atoms with Crippen LogP contribution >= 0.6 is 23.2 Å². The maximum absolute atomic E-state index is 11.5. The smallest absolute Gasteiger partial charge is 0.872 e. The molecule has 0 bridgehead atoms. The van der Waals surface area contributed by atoms with Gasteiger partial charge in [0, 0.05) is 22.5 Å². The van der Waals surface area contributed by atoms with Gasteiger partial charge < -0.3 is 21.2 Å². The van der Waals surface area contributed by atoms with Gasteiger partial charge in [-0.15, -0.1) is 0 Å². The minimum atomic E-state index is -3.72. The first-order chi connectivity index (χ1) is 18.7. The van der Waals surface area contributed by atoms with Crippen molar-refractivity contribution < 1.29 is 57.5 Å². The van der Waals surface area contributed by atoms with Crippen molar-refractivity contribution in [3.8, 4) is 11.5 Å². The Balaban J connectivity index is 0.000000767. The van der Waals surface area contributed by atoms with E-state index in [9.17, 15) is 27.0 Å². The fourth-order valence-electron chi connectivity index (χ4n) is 2.97. The monoisotopic (exact) mass is 718 g/mol. The Morgan fingerprint density at radius 2 is 0.884 bits per heavy atom. The van der Waals surface area contributed by atoms with Crippen molar-refractivity contribution in [1.29, 1.82) is 0 Å². The minimum absolute atomic E-state index is 0. The van der Waals surface area contributed by atoms with Gasteiger partial charge in [0.25, 0.3) is 0 Å². The molecule has 0 atom stereocenters. The van der Waals surface area contributed by atoms with E-state index >= 15 is 0 Å². The van der Waals surface area contributed by atoms with Crippen LogP contribution in [-0.4, -0.2) is 40.2 Å². The number of hydrogen-bond acceptors (Lipinski definition) is 8. The standard InChI is InChI=1S/2C13H11ClN2O3S.2H2O.Zn/c2*14-10-1-6-13(17)9(7-10)8-16-11-2-4-12(5-3-11)20(15,18)19;;;/h2*1-8,17H,(H2,15,18,19);2*1H2;/q;;;;+2/p-2. The molecule has 4 aromatic rings. The number of nitrogens with two attached hydrogens (primary N) is 2. The Kier molecular flexibility index (Phi) is 15.9. The third-order valence-electron chi connectivity index (χ3n) is 4.98. The van der Waals surface area contributed by atoms with E-state index in [1.54, 1.807) is 0 Å². The van der Waals surface area contributed by atoms with E-state index in [-0.39, 0.29) is 51.7 Å². The molecule has 8 N–H and O–H groups in total. The first kappa shape index (κ1) is 39.8. The number of aliphatic imine (C=N–C) groups is 2. The van der Waals surface area contributed by atoms with Crippen LogP contribution < -0.4 is 20.5 Å². The van der Waals surface area contributed by atoms with Crippen molar-refractivity contribution in [2.24, 2.45) is 20.3 Å². The number of nitrogens with zero attached hydrogens (tertiary/aromatic N) is 2. The molecule has 0 saturated carbocycles. The maximum atomic E-state index is 11.5. The first-order valence-corrected chi connectivity index (χ1v) is 14.8. The SMILES string of the molecule is NS(=O)(=O)c1ccc(N=Cc2cc(Cl)ccc2[O-])cc1.NS(=O)(=O)c1ccc(N=Cc2cc(Cl)ccc2[O-])cc1.O.O.[Zn+2]. The number of benzene rings is 4. The zero-order chi connectivity index (χ0) is 29.5. The largest absolute Gasteiger partial charge is 2.00 e. The molecule has 17 heteroatoms. The minimum Gasteiger partial charge on any atom is -0.872 e. The summed E-state index contributed by atoms with van der Waals surface area (Å²) in [7, 11) is -7.44. The van der Waals surface area contributed by atoms with E-state index in [1.165, 1.54) is 97.4 Å². The number of rotatable bonds is 6. The Bertz CT molecular complexity index is 1660. The Morgan fingerprint density at radius 1 is 0.581 bits per heavy atom. The fraction of sp³-hybridized carbons (Fsp3) is 0. The van der Waals surface area contributed by atoms with E-state index in [4.69, 9.17) is 33.5 Å². The van der Waals surface area contributed by atoms with Crippen LogP contribution in [0.3, 0.4) is 0 Å². The topological polar surface area (TPSA) is 254 Å². The molecule has 0 aliphatic carbocycles. The molecule has 4 aromatic carbocycles. The predicted octanol–water partition coefficient (Wildman–Crippen LogP) is 1.97. The van der Waals surface area contributed by atoms with Gasteiger partial charge in [-0.2, -0.15) is 0 Å². The molecule has 0 heterocycles.